The van der Waals surface area contributed by atoms with Crippen LogP contribution in [0, 0.1) is 0 Å². The van der Waals surface area contributed by atoms with Crippen molar-refractivity contribution in [3.05, 3.63) is 78.1 Å². The van der Waals surface area contributed by atoms with Crippen LogP contribution >= 0.6 is 0 Å². The van der Waals surface area contributed by atoms with Gasteiger partial charge in [-0.15, -0.1) is 0 Å². The third kappa shape index (κ3) is 4.79. The van der Waals surface area contributed by atoms with Gasteiger partial charge >= 0.3 is 0 Å². The number of benzene rings is 2. The Hall–Kier alpha value is -3.65. The molecule has 4 aromatic rings. The van der Waals surface area contributed by atoms with Crippen molar-refractivity contribution in [2.75, 3.05) is 29.9 Å². The molecule has 0 saturated carbocycles. The molecule has 2 aromatic heterocycles. The van der Waals surface area contributed by atoms with E-state index in [-0.39, 0.29) is 11.9 Å². The number of nitrogens with zero attached hydrogens (tertiary/aromatic N) is 5. The van der Waals surface area contributed by atoms with E-state index in [1.807, 2.05) is 36.4 Å². The molecule has 1 unspecified atom stereocenters. The lowest BCUT2D eigenvalue weighted by Gasteiger charge is -2.24. The second kappa shape index (κ2) is 11.1. The van der Waals surface area contributed by atoms with E-state index in [1.165, 1.54) is 15.8 Å². The Morgan fingerprint density at radius 3 is 2.17 bits per heavy atom. The molecule has 2 aliphatic heterocycles. The van der Waals surface area contributed by atoms with Crippen LogP contribution in [0.2, 0.25) is 0 Å². The molecule has 2 aromatic carbocycles. The van der Waals surface area contributed by atoms with E-state index in [0.717, 1.165) is 11.1 Å². The van der Waals surface area contributed by atoms with Gasteiger partial charge in [0.2, 0.25) is 5.95 Å². The predicted octanol–water partition coefficient (Wildman–Crippen LogP) is 0.571. The van der Waals surface area contributed by atoms with Crippen molar-refractivity contribution >= 4 is 22.9 Å². The molecule has 0 spiro atoms. The molecule has 0 amide bonds. The monoisotopic (exact) mass is 548 g/mol. The molecule has 0 bridgehead atoms. The molecule has 4 heterocycles. The maximum atomic E-state index is 10.7. The molecular weight excluding hydrogens is 516 g/mol. The minimum atomic E-state index is -1.33. The van der Waals surface area contributed by atoms with E-state index in [1.54, 1.807) is 0 Å². The zero-order valence-electron chi connectivity index (χ0n) is 21.6. The van der Waals surface area contributed by atoms with Crippen molar-refractivity contribution in [2.24, 2.45) is 0 Å². The highest BCUT2D eigenvalue weighted by Gasteiger charge is 2.44. The number of imidazole rings is 1. The number of nitrogens with one attached hydrogen (secondary N) is 1. The average Bonchev–Trinajstić information content (AvgIpc) is 3.65. The summed E-state index contributed by atoms with van der Waals surface area (Å²) in [5.74, 6) is 0.553. The van der Waals surface area contributed by atoms with Gasteiger partial charge in [-0.25, -0.2) is 4.98 Å². The summed E-state index contributed by atoms with van der Waals surface area (Å²) >= 11 is 0. The Balaban J connectivity index is 1.40. The summed E-state index contributed by atoms with van der Waals surface area (Å²) < 4.78 is 7.22. The van der Waals surface area contributed by atoms with E-state index in [9.17, 15) is 25.5 Å². The zero-order valence-corrected chi connectivity index (χ0v) is 21.6. The average molecular weight is 549 g/mol. The molecule has 210 valence electrons. The minimum Gasteiger partial charge on any atom is -0.394 e. The molecule has 2 fully saturated rings. The SMILES string of the molecule is OC[C@H]1O[C@@H](n2cnc3c(NCC(c4ccccc4)c4ccccc4)nc(N4CC[C@H](O)C4O)nc32)[C@H](O)[C@@H]1O. The summed E-state index contributed by atoms with van der Waals surface area (Å²) in [5.41, 5.74) is 2.92. The quantitative estimate of drug-likeness (QED) is 0.182. The Bertz CT molecular complexity index is 1400. The molecule has 2 aliphatic rings. The predicted molar refractivity (Wildman–Crippen MR) is 146 cm³/mol. The lowest BCUT2D eigenvalue weighted by atomic mass is 9.91. The number of aromatic nitrogens is 4. The van der Waals surface area contributed by atoms with Crippen molar-refractivity contribution in [3.8, 4) is 0 Å². The standard InChI is InChI=1S/C28H32N6O6/c35-14-20-22(37)23(38)27(40-20)34-15-30-21-24(31-28(32-25(21)34)33-12-11-19(36)26(33)39)29-13-18(16-7-3-1-4-8-16)17-9-5-2-6-10-17/h1-10,15,18-20,22-23,26-27,35-39H,11-14H2,(H,29,31,32)/t19-,20+,22+,23+,26?,27+/m0/s1. The second-order valence-electron chi connectivity index (χ2n) is 10.1. The highest BCUT2D eigenvalue weighted by molar-refractivity contribution is 5.84. The number of rotatable bonds is 8. The first kappa shape index (κ1) is 26.6. The van der Waals surface area contributed by atoms with Crippen molar-refractivity contribution in [1.29, 1.82) is 0 Å². The van der Waals surface area contributed by atoms with Crippen LogP contribution in [-0.2, 0) is 4.74 Å². The van der Waals surface area contributed by atoms with Gasteiger partial charge in [-0.2, -0.15) is 9.97 Å². The molecule has 12 nitrogen and oxygen atoms in total. The zero-order chi connectivity index (χ0) is 27.8. The van der Waals surface area contributed by atoms with Gasteiger partial charge < -0.3 is 40.5 Å². The van der Waals surface area contributed by atoms with Gasteiger partial charge in [-0.3, -0.25) is 4.57 Å². The topological polar surface area (TPSA) is 169 Å². The van der Waals surface area contributed by atoms with E-state index < -0.39 is 43.5 Å². The fourth-order valence-electron chi connectivity index (χ4n) is 5.43. The molecule has 6 atom stereocenters. The first-order valence-corrected chi connectivity index (χ1v) is 13.3. The van der Waals surface area contributed by atoms with E-state index in [4.69, 9.17) is 9.72 Å². The normalized spacial score (nSPS) is 26.7. The Morgan fingerprint density at radius 2 is 1.60 bits per heavy atom. The molecule has 40 heavy (non-hydrogen) atoms. The van der Waals surface area contributed by atoms with Gasteiger partial charge in [0.05, 0.1) is 12.9 Å². The largest absolute Gasteiger partial charge is 0.394 e. The number of hydrogen-bond acceptors (Lipinski definition) is 11. The molecule has 12 heteroatoms. The van der Waals surface area contributed by atoms with Crippen LogP contribution < -0.4 is 10.2 Å². The van der Waals surface area contributed by atoms with Crippen LogP contribution in [-0.4, -0.2) is 95.4 Å². The Morgan fingerprint density at radius 1 is 0.925 bits per heavy atom. The van der Waals surface area contributed by atoms with Crippen LogP contribution in [0.15, 0.2) is 67.0 Å². The van der Waals surface area contributed by atoms with Gasteiger partial charge in [0.15, 0.2) is 29.4 Å². The summed E-state index contributed by atoms with van der Waals surface area (Å²) in [6.45, 7) is 0.337. The van der Waals surface area contributed by atoms with E-state index in [2.05, 4.69) is 39.6 Å². The van der Waals surface area contributed by atoms with Crippen molar-refractivity contribution in [3.63, 3.8) is 0 Å². The highest BCUT2D eigenvalue weighted by Crippen LogP contribution is 2.34. The third-order valence-corrected chi connectivity index (χ3v) is 7.66. The third-order valence-electron chi connectivity index (χ3n) is 7.66. The lowest BCUT2D eigenvalue weighted by Crippen LogP contribution is -2.36. The maximum absolute atomic E-state index is 10.7. The van der Waals surface area contributed by atoms with Crippen molar-refractivity contribution < 1.29 is 30.3 Å². The smallest absolute Gasteiger partial charge is 0.231 e. The molecule has 6 rings (SSSR count). The number of aliphatic hydroxyl groups excluding tert-OH is 5. The Kier molecular flexibility index (Phi) is 7.36. The van der Waals surface area contributed by atoms with Crippen molar-refractivity contribution in [2.45, 2.75) is 49.2 Å². The van der Waals surface area contributed by atoms with Crippen LogP contribution in [0.3, 0.4) is 0 Å². The fraction of sp³-hybridized carbons (Fsp3) is 0.393. The fourth-order valence-corrected chi connectivity index (χ4v) is 5.43. The molecular formula is C28H32N6O6. The summed E-state index contributed by atoms with van der Waals surface area (Å²) in [4.78, 5) is 15.3. The summed E-state index contributed by atoms with van der Waals surface area (Å²) in [6, 6.07) is 20.2. The highest BCUT2D eigenvalue weighted by atomic mass is 16.6. The number of anilines is 2. The number of aliphatic hydroxyl groups is 5. The van der Waals surface area contributed by atoms with Gasteiger partial charge in [-0.1, -0.05) is 60.7 Å². The van der Waals surface area contributed by atoms with Gasteiger partial charge in [0, 0.05) is 19.0 Å². The summed E-state index contributed by atoms with van der Waals surface area (Å²) in [6.07, 6.45) is -4.98. The van der Waals surface area contributed by atoms with Gasteiger partial charge in [-0.05, 0) is 17.5 Å². The molecule has 0 radical (unpaired) electrons. The first-order chi connectivity index (χ1) is 19.5. The van der Waals surface area contributed by atoms with Crippen LogP contribution in [0.4, 0.5) is 11.8 Å². The lowest BCUT2D eigenvalue weighted by molar-refractivity contribution is -0.0511. The molecule has 2 saturated heterocycles. The van der Waals surface area contributed by atoms with Crippen LogP contribution in [0.25, 0.3) is 11.2 Å². The number of ether oxygens (including phenoxy) is 1. The van der Waals surface area contributed by atoms with E-state index in [0.29, 0.717) is 36.5 Å². The number of fused-ring (bicyclic) bond motifs is 1. The Labute approximate surface area is 230 Å². The summed E-state index contributed by atoms with van der Waals surface area (Å²) in [7, 11) is 0. The van der Waals surface area contributed by atoms with Gasteiger partial charge in [0.1, 0.15) is 24.4 Å². The van der Waals surface area contributed by atoms with Crippen LogP contribution in [0.5, 0.6) is 0 Å². The van der Waals surface area contributed by atoms with E-state index >= 15 is 0 Å². The second-order valence-corrected chi connectivity index (χ2v) is 10.1. The van der Waals surface area contributed by atoms with Crippen molar-refractivity contribution in [1.82, 2.24) is 19.5 Å². The maximum Gasteiger partial charge on any atom is 0.231 e. The molecule has 6 N–H and O–H groups in total. The van der Waals surface area contributed by atoms with Gasteiger partial charge in [0.25, 0.3) is 0 Å². The summed E-state index contributed by atoms with van der Waals surface area (Å²) in [5, 5.41) is 54.7. The molecule has 0 aliphatic carbocycles. The van der Waals surface area contributed by atoms with Crippen LogP contribution in [0.1, 0.15) is 29.7 Å². The first-order valence-electron chi connectivity index (χ1n) is 13.3. The minimum absolute atomic E-state index is 0.0161. The number of hydrogen-bond donors (Lipinski definition) is 6.